The first-order valence-electron chi connectivity index (χ1n) is 14.4. The van der Waals surface area contributed by atoms with Crippen molar-refractivity contribution in [2.45, 2.75) is 120 Å². The number of Topliss-reactive ketones (excluding diaryl/α,β-unsaturated/α-hetero) is 1. The first-order valence-corrected chi connectivity index (χ1v) is 14.4. The van der Waals surface area contributed by atoms with Gasteiger partial charge in [0.05, 0.1) is 24.4 Å². The summed E-state index contributed by atoms with van der Waals surface area (Å²) in [6.45, 7) is 23.0. The number of aliphatic hydroxyl groups is 4. The molecule has 5 nitrogen and oxygen atoms in total. The lowest BCUT2D eigenvalue weighted by molar-refractivity contribution is -0.113. The van der Waals surface area contributed by atoms with Gasteiger partial charge in [-0.05, 0) is 75.2 Å². The van der Waals surface area contributed by atoms with Crippen molar-refractivity contribution in [2.24, 2.45) is 35.5 Å². The molecule has 0 rings (SSSR count). The lowest BCUT2D eigenvalue weighted by Gasteiger charge is -2.27. The molecule has 0 spiro atoms. The molecule has 0 heterocycles. The Morgan fingerprint density at radius 3 is 1.29 bits per heavy atom. The quantitative estimate of drug-likeness (QED) is 0.135. The lowest BCUT2D eigenvalue weighted by atomic mass is 9.84. The minimum atomic E-state index is -0.761. The van der Waals surface area contributed by atoms with Gasteiger partial charge >= 0.3 is 0 Å². The van der Waals surface area contributed by atoms with Crippen LogP contribution in [-0.4, -0.2) is 50.6 Å². The van der Waals surface area contributed by atoms with Gasteiger partial charge in [0.25, 0.3) is 0 Å². The van der Waals surface area contributed by atoms with Gasteiger partial charge in [0.15, 0.2) is 5.78 Å². The first-order chi connectivity index (χ1) is 17.4. The smallest absolute Gasteiger partial charge is 0.155 e. The molecule has 0 saturated heterocycles. The third-order valence-electron chi connectivity index (χ3n) is 8.13. The lowest BCUT2D eigenvalue weighted by Crippen LogP contribution is -2.27. The van der Waals surface area contributed by atoms with E-state index in [-0.39, 0.29) is 35.4 Å². The second kappa shape index (κ2) is 17.2. The van der Waals surface area contributed by atoms with E-state index >= 15 is 0 Å². The van der Waals surface area contributed by atoms with Gasteiger partial charge < -0.3 is 20.4 Å². The van der Waals surface area contributed by atoms with Crippen molar-refractivity contribution >= 4 is 5.78 Å². The molecule has 38 heavy (non-hydrogen) atoms. The zero-order valence-electron chi connectivity index (χ0n) is 26.2. The molecule has 0 bridgehead atoms. The summed E-state index contributed by atoms with van der Waals surface area (Å²) in [6, 6.07) is 0. The highest BCUT2D eigenvalue weighted by Gasteiger charge is 2.24. The average molecular weight is 535 g/mol. The fraction of sp³-hybridized carbons (Fsp3) is 0.727. The zero-order chi connectivity index (χ0) is 29.9. The molecule has 0 fully saturated rings. The molecular formula is C33H58O5. The third kappa shape index (κ3) is 12.1. The Kier molecular flexibility index (Phi) is 16.5. The highest BCUT2D eigenvalue weighted by Crippen LogP contribution is 2.26. The van der Waals surface area contributed by atoms with Crippen molar-refractivity contribution in [1.82, 2.24) is 0 Å². The molecule has 0 aliphatic carbocycles. The maximum atomic E-state index is 11.5. The number of rotatable bonds is 16. The van der Waals surface area contributed by atoms with E-state index in [4.69, 9.17) is 0 Å². The van der Waals surface area contributed by atoms with E-state index in [1.165, 1.54) is 6.92 Å². The number of carbonyl (C=O) groups excluding carboxylic acids is 1. The normalized spacial score (nSPS) is 22.1. The van der Waals surface area contributed by atoms with Crippen LogP contribution in [0.15, 0.2) is 46.6 Å². The van der Waals surface area contributed by atoms with Crippen molar-refractivity contribution in [3.05, 3.63) is 46.6 Å². The second-order valence-electron chi connectivity index (χ2n) is 12.1. The van der Waals surface area contributed by atoms with Crippen LogP contribution in [-0.2, 0) is 4.79 Å². The maximum Gasteiger partial charge on any atom is 0.155 e. The molecule has 0 aromatic carbocycles. The van der Waals surface area contributed by atoms with Gasteiger partial charge in [0, 0.05) is 23.7 Å². The molecule has 0 saturated carbocycles. The highest BCUT2D eigenvalue weighted by atomic mass is 16.3. The van der Waals surface area contributed by atoms with Gasteiger partial charge in [-0.3, -0.25) is 4.79 Å². The number of hydrogen-bond donors (Lipinski definition) is 4. The summed E-state index contributed by atoms with van der Waals surface area (Å²) in [7, 11) is 0. The Labute approximate surface area is 233 Å². The summed E-state index contributed by atoms with van der Waals surface area (Å²) in [6.07, 6.45) is 6.90. The monoisotopic (exact) mass is 534 g/mol. The Bertz CT molecular complexity index is 851. The van der Waals surface area contributed by atoms with E-state index in [1.807, 2.05) is 66.7 Å². The van der Waals surface area contributed by atoms with Gasteiger partial charge in [-0.1, -0.05) is 79.2 Å². The maximum absolute atomic E-state index is 11.5. The number of hydrogen-bond acceptors (Lipinski definition) is 5. The molecule has 5 heteroatoms. The topological polar surface area (TPSA) is 98.0 Å². The van der Waals surface area contributed by atoms with Crippen molar-refractivity contribution in [3.8, 4) is 0 Å². The molecule has 0 aliphatic heterocycles. The Balaban J connectivity index is 5.38. The fourth-order valence-electron chi connectivity index (χ4n) is 5.13. The van der Waals surface area contributed by atoms with E-state index in [0.717, 1.165) is 29.6 Å². The first kappa shape index (κ1) is 36.5. The van der Waals surface area contributed by atoms with Gasteiger partial charge in [-0.2, -0.15) is 0 Å². The average Bonchev–Trinajstić information content (AvgIpc) is 2.85. The summed E-state index contributed by atoms with van der Waals surface area (Å²) in [5.74, 6) is -0.00684. The van der Waals surface area contributed by atoms with E-state index in [1.54, 1.807) is 13.0 Å². The van der Waals surface area contributed by atoms with Crippen LogP contribution in [0.5, 0.6) is 0 Å². The molecule has 0 aromatic heterocycles. The van der Waals surface area contributed by atoms with Crippen LogP contribution in [0, 0.1) is 35.5 Å². The summed E-state index contributed by atoms with van der Waals surface area (Å²) < 4.78 is 0. The van der Waals surface area contributed by atoms with Crippen molar-refractivity contribution < 1.29 is 25.2 Å². The number of allylic oxidation sites excluding steroid dienone is 1. The largest absolute Gasteiger partial charge is 0.392 e. The molecule has 0 aliphatic rings. The van der Waals surface area contributed by atoms with Crippen LogP contribution in [0.3, 0.4) is 0 Å². The van der Waals surface area contributed by atoms with Crippen LogP contribution < -0.4 is 0 Å². The standard InChI is InChI=1S/C33H58O5/c1-13-19(2)14-21(4)30(35)23(6)16-25(8)32(37)27(10)18-28(11)33(38)26(9)17-24(7)31(36)22(5)15-20(3)29(12)34/h15-19,21-23,26-27,30-33,35-38H,13-14H2,1-12H3/b20-15+,24-17+,25-16+,28-18+/t19-,21-,22-,23+,26-,27-,30+,31-,32+,33-/m0/s1. The highest BCUT2D eigenvalue weighted by molar-refractivity contribution is 5.92. The van der Waals surface area contributed by atoms with E-state index in [9.17, 15) is 25.2 Å². The summed E-state index contributed by atoms with van der Waals surface area (Å²) >= 11 is 0. The van der Waals surface area contributed by atoms with Crippen LogP contribution in [0.1, 0.15) is 95.9 Å². The van der Waals surface area contributed by atoms with E-state index in [2.05, 4.69) is 20.8 Å². The van der Waals surface area contributed by atoms with Gasteiger partial charge in [-0.25, -0.2) is 0 Å². The Morgan fingerprint density at radius 2 is 0.947 bits per heavy atom. The number of ketones is 1. The van der Waals surface area contributed by atoms with Crippen molar-refractivity contribution in [2.75, 3.05) is 0 Å². The SMILES string of the molecule is CC[C@H](C)C[C@H](C)[C@@H](O)[C@H](C)/C=C(\C)[C@@H](O)[C@@H](C)/C=C(\C)[C@@H](O)[C@@H](C)/C=C(\C)[C@@H](O)[C@@H](C)/C=C(\C)C(C)=O. The van der Waals surface area contributed by atoms with E-state index in [0.29, 0.717) is 11.5 Å². The van der Waals surface area contributed by atoms with Crippen LogP contribution >= 0.6 is 0 Å². The predicted molar refractivity (Wildman–Crippen MR) is 160 cm³/mol. The number of carbonyl (C=O) groups is 1. The summed E-state index contributed by atoms with van der Waals surface area (Å²) in [4.78, 5) is 11.5. The molecule has 0 unspecified atom stereocenters. The minimum Gasteiger partial charge on any atom is -0.392 e. The predicted octanol–water partition coefficient (Wildman–Crippen LogP) is 6.42. The fourth-order valence-corrected chi connectivity index (χ4v) is 5.13. The summed E-state index contributed by atoms with van der Waals surface area (Å²) in [5, 5.41) is 43.3. The van der Waals surface area contributed by atoms with Crippen molar-refractivity contribution in [1.29, 1.82) is 0 Å². The zero-order valence-corrected chi connectivity index (χ0v) is 26.2. The summed E-state index contributed by atoms with van der Waals surface area (Å²) in [5.41, 5.74) is 2.93. The third-order valence-corrected chi connectivity index (χ3v) is 8.13. The van der Waals surface area contributed by atoms with Gasteiger partial charge in [-0.15, -0.1) is 0 Å². The second-order valence-corrected chi connectivity index (χ2v) is 12.1. The number of aliphatic hydroxyl groups excluding tert-OH is 4. The Hall–Kier alpha value is -1.53. The van der Waals surface area contributed by atoms with Crippen LogP contribution in [0.2, 0.25) is 0 Å². The molecule has 10 atom stereocenters. The van der Waals surface area contributed by atoms with Gasteiger partial charge in [0.1, 0.15) is 0 Å². The molecule has 0 radical (unpaired) electrons. The molecule has 0 aromatic rings. The molecular weight excluding hydrogens is 476 g/mol. The molecule has 0 amide bonds. The van der Waals surface area contributed by atoms with E-state index < -0.39 is 24.4 Å². The molecule has 4 N–H and O–H groups in total. The minimum absolute atomic E-state index is 0.0153. The van der Waals surface area contributed by atoms with Crippen molar-refractivity contribution in [3.63, 3.8) is 0 Å². The van der Waals surface area contributed by atoms with Crippen LogP contribution in [0.25, 0.3) is 0 Å². The Morgan fingerprint density at radius 1 is 0.605 bits per heavy atom. The van der Waals surface area contributed by atoms with Crippen LogP contribution in [0.4, 0.5) is 0 Å². The molecule has 220 valence electrons. The van der Waals surface area contributed by atoms with Gasteiger partial charge in [0.2, 0.25) is 0 Å².